The van der Waals surface area contributed by atoms with Gasteiger partial charge in [0, 0.05) is 19.4 Å². The van der Waals surface area contributed by atoms with E-state index in [0.29, 0.717) is 47.7 Å². The van der Waals surface area contributed by atoms with Crippen molar-refractivity contribution >= 4 is 5.78 Å². The van der Waals surface area contributed by atoms with Gasteiger partial charge in [0.15, 0.2) is 0 Å². The van der Waals surface area contributed by atoms with Crippen molar-refractivity contribution in [1.82, 2.24) is 0 Å². The monoisotopic (exact) mass is 348 g/mol. The summed E-state index contributed by atoms with van der Waals surface area (Å²) in [4.78, 5) is 12.0. The van der Waals surface area contributed by atoms with Crippen LogP contribution in [-0.4, -0.2) is 28.7 Å². The van der Waals surface area contributed by atoms with Crippen molar-refractivity contribution < 1.29 is 15.0 Å². The number of ketones is 1. The van der Waals surface area contributed by atoms with Crippen molar-refractivity contribution in [3.63, 3.8) is 0 Å². The SMILES string of the molecule is CC(CO)C1CCC2C3C(CCC12C)C1(C)CCC(=O)C[C@@H]1C[C@H]3O. The third-order valence-electron chi connectivity index (χ3n) is 9.55. The van der Waals surface area contributed by atoms with Gasteiger partial charge >= 0.3 is 0 Å². The molecule has 0 aromatic carbocycles. The third kappa shape index (κ3) is 2.48. The molecule has 0 bridgehead atoms. The summed E-state index contributed by atoms with van der Waals surface area (Å²) in [7, 11) is 0. The Labute approximate surface area is 152 Å². The van der Waals surface area contributed by atoms with Gasteiger partial charge in [0.05, 0.1) is 6.10 Å². The highest BCUT2D eigenvalue weighted by atomic mass is 16.3. The summed E-state index contributed by atoms with van der Waals surface area (Å²) in [6, 6.07) is 0. The second kappa shape index (κ2) is 6.05. The number of carbonyl (C=O) groups excluding carboxylic acids is 1. The van der Waals surface area contributed by atoms with Crippen LogP contribution in [0.25, 0.3) is 0 Å². The molecule has 4 fully saturated rings. The summed E-state index contributed by atoms with van der Waals surface area (Å²) in [6.45, 7) is 7.36. The predicted octanol–water partition coefficient (Wildman–Crippen LogP) is 3.81. The number of Topliss-reactive ketones (excluding diaryl/α,β-unsaturated/α-hetero) is 1. The zero-order chi connectivity index (χ0) is 18.0. The average Bonchev–Trinajstić information content (AvgIpc) is 2.93. The van der Waals surface area contributed by atoms with Crippen LogP contribution in [0.15, 0.2) is 0 Å². The van der Waals surface area contributed by atoms with Crippen LogP contribution < -0.4 is 0 Å². The van der Waals surface area contributed by atoms with Gasteiger partial charge in [0.2, 0.25) is 0 Å². The molecule has 4 saturated carbocycles. The Hall–Kier alpha value is -0.410. The van der Waals surface area contributed by atoms with Gasteiger partial charge in [-0.3, -0.25) is 4.79 Å². The number of aliphatic hydroxyl groups is 2. The van der Waals surface area contributed by atoms with Crippen LogP contribution in [0.1, 0.15) is 72.1 Å². The molecule has 0 aliphatic heterocycles. The molecule has 0 aromatic heterocycles. The molecular weight excluding hydrogens is 312 g/mol. The van der Waals surface area contributed by atoms with E-state index in [0.717, 1.165) is 19.3 Å². The van der Waals surface area contributed by atoms with E-state index < -0.39 is 0 Å². The molecule has 0 radical (unpaired) electrons. The van der Waals surface area contributed by atoms with Gasteiger partial charge in [-0.15, -0.1) is 0 Å². The number of hydrogen-bond acceptors (Lipinski definition) is 3. The number of carbonyl (C=O) groups is 1. The van der Waals surface area contributed by atoms with E-state index in [1.54, 1.807) is 0 Å². The fraction of sp³-hybridized carbons (Fsp3) is 0.955. The molecule has 0 saturated heterocycles. The van der Waals surface area contributed by atoms with Gasteiger partial charge in [0.25, 0.3) is 0 Å². The van der Waals surface area contributed by atoms with E-state index >= 15 is 0 Å². The molecule has 0 heterocycles. The third-order valence-corrected chi connectivity index (χ3v) is 9.55. The van der Waals surface area contributed by atoms with Gasteiger partial charge in [-0.1, -0.05) is 20.8 Å². The minimum atomic E-state index is -0.234. The molecule has 4 aliphatic carbocycles. The average molecular weight is 349 g/mol. The van der Waals surface area contributed by atoms with Crippen LogP contribution >= 0.6 is 0 Å². The van der Waals surface area contributed by atoms with Crippen molar-refractivity contribution in [3.05, 3.63) is 0 Å². The molecule has 7 unspecified atom stereocenters. The predicted molar refractivity (Wildman–Crippen MR) is 97.9 cm³/mol. The summed E-state index contributed by atoms with van der Waals surface area (Å²) in [6.07, 6.45) is 7.92. The quantitative estimate of drug-likeness (QED) is 0.798. The van der Waals surface area contributed by atoms with Gasteiger partial charge in [-0.05, 0) is 84.9 Å². The van der Waals surface area contributed by atoms with E-state index in [2.05, 4.69) is 20.8 Å². The zero-order valence-electron chi connectivity index (χ0n) is 16.2. The molecule has 0 spiro atoms. The summed E-state index contributed by atoms with van der Waals surface area (Å²) in [5.74, 6) is 3.33. The maximum Gasteiger partial charge on any atom is 0.133 e. The van der Waals surface area contributed by atoms with Gasteiger partial charge < -0.3 is 10.2 Å². The first-order valence-electron chi connectivity index (χ1n) is 10.6. The lowest BCUT2D eigenvalue weighted by Crippen LogP contribution is -2.58. The Morgan fingerprint density at radius 1 is 1.12 bits per heavy atom. The van der Waals surface area contributed by atoms with Crippen molar-refractivity contribution in [2.75, 3.05) is 6.61 Å². The second-order valence-corrected chi connectivity index (χ2v) is 10.4. The zero-order valence-corrected chi connectivity index (χ0v) is 16.2. The lowest BCUT2D eigenvalue weighted by molar-refractivity contribution is -0.169. The molecule has 0 aromatic rings. The standard InChI is InChI=1S/C22H36O3/c1-13(12-23)16-4-5-17-20-18(7-9-22(16,17)3)21(2)8-6-15(24)10-14(21)11-19(20)25/h13-14,16-20,23,25H,4-12H2,1-3H3/t13?,14-,16?,17?,18?,19-,20?,21?,22?/m1/s1. The molecule has 3 nitrogen and oxygen atoms in total. The molecule has 4 rings (SSSR count). The molecular formula is C22H36O3. The Bertz CT molecular complexity index is 545. The summed E-state index contributed by atoms with van der Waals surface area (Å²) >= 11 is 0. The number of fused-ring (bicyclic) bond motifs is 5. The number of hydrogen-bond donors (Lipinski definition) is 2. The summed E-state index contributed by atoms with van der Waals surface area (Å²) in [5, 5.41) is 20.9. The van der Waals surface area contributed by atoms with Crippen LogP contribution in [0.5, 0.6) is 0 Å². The topological polar surface area (TPSA) is 57.5 Å². The fourth-order valence-electron chi connectivity index (χ4n) is 8.12. The summed E-state index contributed by atoms with van der Waals surface area (Å²) < 4.78 is 0. The number of aliphatic hydroxyl groups excluding tert-OH is 2. The first kappa shape index (κ1) is 18.0. The van der Waals surface area contributed by atoms with Crippen molar-refractivity contribution in [2.45, 2.75) is 78.2 Å². The largest absolute Gasteiger partial charge is 0.396 e. The van der Waals surface area contributed by atoms with Crippen molar-refractivity contribution in [1.29, 1.82) is 0 Å². The maximum atomic E-state index is 12.0. The van der Waals surface area contributed by atoms with Crippen molar-refractivity contribution in [3.8, 4) is 0 Å². The molecule has 9 atom stereocenters. The van der Waals surface area contributed by atoms with Crippen LogP contribution in [0.4, 0.5) is 0 Å². The lowest BCUT2D eigenvalue weighted by atomic mass is 9.44. The minimum Gasteiger partial charge on any atom is -0.396 e. The van der Waals surface area contributed by atoms with E-state index in [-0.39, 0.29) is 23.5 Å². The molecule has 142 valence electrons. The normalized spacial score (nSPS) is 53.7. The Balaban J connectivity index is 1.64. The molecule has 25 heavy (non-hydrogen) atoms. The minimum absolute atomic E-state index is 0.234. The number of rotatable bonds is 2. The Morgan fingerprint density at radius 3 is 2.56 bits per heavy atom. The van der Waals surface area contributed by atoms with Crippen LogP contribution in [0, 0.1) is 46.3 Å². The van der Waals surface area contributed by atoms with Gasteiger partial charge in [-0.25, -0.2) is 0 Å². The maximum absolute atomic E-state index is 12.0. The molecule has 3 heteroatoms. The highest BCUT2D eigenvalue weighted by Crippen LogP contribution is 2.67. The van der Waals surface area contributed by atoms with E-state index in [4.69, 9.17) is 0 Å². The Morgan fingerprint density at radius 2 is 1.84 bits per heavy atom. The van der Waals surface area contributed by atoms with E-state index in [9.17, 15) is 15.0 Å². The molecule has 0 amide bonds. The highest BCUT2D eigenvalue weighted by molar-refractivity contribution is 5.79. The Kier molecular flexibility index (Phi) is 4.35. The lowest BCUT2D eigenvalue weighted by Gasteiger charge is -2.61. The highest BCUT2D eigenvalue weighted by Gasteiger charge is 2.62. The van der Waals surface area contributed by atoms with E-state index in [1.165, 1.54) is 25.7 Å². The van der Waals surface area contributed by atoms with Gasteiger partial charge in [-0.2, -0.15) is 0 Å². The van der Waals surface area contributed by atoms with Crippen LogP contribution in [0.2, 0.25) is 0 Å². The fourth-order valence-corrected chi connectivity index (χ4v) is 8.12. The first-order valence-corrected chi connectivity index (χ1v) is 10.6. The van der Waals surface area contributed by atoms with Crippen molar-refractivity contribution in [2.24, 2.45) is 46.3 Å². The first-order chi connectivity index (χ1) is 11.8. The second-order valence-electron chi connectivity index (χ2n) is 10.4. The van der Waals surface area contributed by atoms with Crippen LogP contribution in [0.3, 0.4) is 0 Å². The summed E-state index contributed by atoms with van der Waals surface area (Å²) in [5.41, 5.74) is 0.526. The molecule has 4 aliphatic rings. The van der Waals surface area contributed by atoms with Gasteiger partial charge in [0.1, 0.15) is 5.78 Å². The van der Waals surface area contributed by atoms with Crippen LogP contribution in [-0.2, 0) is 4.79 Å². The molecule has 2 N–H and O–H groups in total. The smallest absolute Gasteiger partial charge is 0.133 e. The van der Waals surface area contributed by atoms with E-state index in [1.807, 2.05) is 0 Å².